The molecule has 2 aliphatic rings. The molecule has 0 amide bonds. The molecule has 1 saturated heterocycles. The first-order valence-corrected chi connectivity index (χ1v) is 9.88. The maximum Gasteiger partial charge on any atom is 0.333 e. The highest BCUT2D eigenvalue weighted by Gasteiger charge is 2.43. The zero-order valence-corrected chi connectivity index (χ0v) is 16.3. The lowest BCUT2D eigenvalue weighted by Gasteiger charge is -2.27. The van der Waals surface area contributed by atoms with Crippen molar-refractivity contribution in [2.45, 2.75) is 44.8 Å². The molecule has 8 heteroatoms. The minimum Gasteiger partial charge on any atom is -0.471 e. The zero-order chi connectivity index (χ0) is 18.5. The van der Waals surface area contributed by atoms with E-state index in [1.165, 1.54) is 16.2 Å². The molecule has 2 aromatic heterocycles. The van der Waals surface area contributed by atoms with Crippen LogP contribution in [0.2, 0.25) is 0 Å². The summed E-state index contributed by atoms with van der Waals surface area (Å²) in [6.07, 6.45) is 3.34. The molecular formula is C18H24N4O3S. The van der Waals surface area contributed by atoms with Crippen molar-refractivity contribution in [2.75, 3.05) is 13.1 Å². The number of rotatable bonds is 2. The lowest BCUT2D eigenvalue weighted by atomic mass is 9.90. The summed E-state index contributed by atoms with van der Waals surface area (Å²) in [6, 6.07) is 0. The van der Waals surface area contributed by atoms with Crippen molar-refractivity contribution in [3.63, 3.8) is 0 Å². The number of thiazole rings is 1. The SMILES string of the molecule is Cc1nc(CN2CCCC3(CC2)Cc2c(n(C)c(=O)n(C)c2=O)O3)cs1. The van der Waals surface area contributed by atoms with Crippen LogP contribution in [0.4, 0.5) is 0 Å². The Morgan fingerprint density at radius 2 is 2.04 bits per heavy atom. The van der Waals surface area contributed by atoms with E-state index in [4.69, 9.17) is 4.74 Å². The van der Waals surface area contributed by atoms with Crippen LogP contribution < -0.4 is 16.0 Å². The minimum atomic E-state index is -0.368. The Morgan fingerprint density at radius 3 is 2.77 bits per heavy atom. The lowest BCUT2D eigenvalue weighted by molar-refractivity contribution is 0.0687. The van der Waals surface area contributed by atoms with Crippen LogP contribution in [0.25, 0.3) is 0 Å². The number of nitrogens with zero attached hydrogens (tertiary/aromatic N) is 4. The molecule has 26 heavy (non-hydrogen) atoms. The second-order valence-corrected chi connectivity index (χ2v) is 8.50. The predicted molar refractivity (Wildman–Crippen MR) is 100.0 cm³/mol. The Labute approximate surface area is 155 Å². The Balaban J connectivity index is 1.54. The molecule has 1 fully saturated rings. The van der Waals surface area contributed by atoms with Crippen molar-refractivity contribution in [3.05, 3.63) is 42.5 Å². The van der Waals surface area contributed by atoms with Crippen LogP contribution in [0.1, 0.15) is 35.5 Å². The molecule has 4 heterocycles. The molecule has 4 rings (SSSR count). The molecule has 0 saturated carbocycles. The van der Waals surface area contributed by atoms with E-state index in [-0.39, 0.29) is 16.9 Å². The highest BCUT2D eigenvalue weighted by Crippen LogP contribution is 2.38. The van der Waals surface area contributed by atoms with Crippen LogP contribution in [0.5, 0.6) is 5.88 Å². The largest absolute Gasteiger partial charge is 0.471 e. The minimum absolute atomic E-state index is 0.223. The summed E-state index contributed by atoms with van der Waals surface area (Å²) in [4.78, 5) is 31.7. The van der Waals surface area contributed by atoms with Gasteiger partial charge >= 0.3 is 5.69 Å². The maximum absolute atomic E-state index is 12.5. The average Bonchev–Trinajstić information content (AvgIpc) is 3.14. The Hall–Kier alpha value is -1.93. The third-order valence-corrected chi connectivity index (χ3v) is 6.38. The van der Waals surface area contributed by atoms with Gasteiger partial charge in [-0.05, 0) is 26.3 Å². The van der Waals surface area contributed by atoms with E-state index in [2.05, 4.69) is 15.3 Å². The van der Waals surface area contributed by atoms with Crippen LogP contribution in [0.3, 0.4) is 0 Å². The van der Waals surface area contributed by atoms with Gasteiger partial charge in [-0.25, -0.2) is 9.78 Å². The van der Waals surface area contributed by atoms with E-state index in [1.807, 2.05) is 6.92 Å². The normalized spacial score (nSPS) is 23.0. The van der Waals surface area contributed by atoms with Crippen molar-refractivity contribution in [3.8, 4) is 5.88 Å². The topological polar surface area (TPSA) is 69.4 Å². The molecule has 1 spiro atoms. The molecule has 140 valence electrons. The number of hydrogen-bond acceptors (Lipinski definition) is 6. The van der Waals surface area contributed by atoms with Crippen molar-refractivity contribution < 1.29 is 4.74 Å². The molecule has 0 aliphatic carbocycles. The molecule has 1 atom stereocenters. The molecule has 0 N–H and O–H groups in total. The van der Waals surface area contributed by atoms with E-state index in [0.717, 1.165) is 49.6 Å². The summed E-state index contributed by atoms with van der Waals surface area (Å²) in [5, 5.41) is 3.22. The van der Waals surface area contributed by atoms with Crippen molar-refractivity contribution in [1.29, 1.82) is 0 Å². The zero-order valence-electron chi connectivity index (χ0n) is 15.4. The van der Waals surface area contributed by atoms with Crippen LogP contribution in [0.15, 0.2) is 15.0 Å². The standard InChI is InChI=1S/C18H24N4O3S/c1-12-19-13(11-26-12)10-22-7-4-5-18(6-8-22)9-14-15(23)20(2)17(24)21(3)16(14)25-18/h11H,4-10H2,1-3H3. The highest BCUT2D eigenvalue weighted by molar-refractivity contribution is 7.09. The van der Waals surface area contributed by atoms with E-state index < -0.39 is 0 Å². The van der Waals surface area contributed by atoms with Gasteiger partial charge in [-0.3, -0.25) is 18.8 Å². The first-order chi connectivity index (χ1) is 12.4. The summed E-state index contributed by atoms with van der Waals surface area (Å²) >= 11 is 1.68. The van der Waals surface area contributed by atoms with Crippen LogP contribution >= 0.6 is 11.3 Å². The number of aromatic nitrogens is 3. The monoisotopic (exact) mass is 376 g/mol. The number of fused-ring (bicyclic) bond motifs is 1. The smallest absolute Gasteiger partial charge is 0.333 e. The van der Waals surface area contributed by atoms with Gasteiger partial charge in [0, 0.05) is 45.4 Å². The molecule has 0 bridgehead atoms. The molecule has 7 nitrogen and oxygen atoms in total. The molecule has 0 radical (unpaired) electrons. The average molecular weight is 376 g/mol. The summed E-state index contributed by atoms with van der Waals surface area (Å²) in [5.41, 5.74) is 0.833. The quantitative estimate of drug-likeness (QED) is 0.788. The number of ether oxygens (including phenoxy) is 1. The first-order valence-electron chi connectivity index (χ1n) is 9.00. The van der Waals surface area contributed by atoms with E-state index in [9.17, 15) is 9.59 Å². The van der Waals surface area contributed by atoms with Gasteiger partial charge in [0.15, 0.2) is 0 Å². The molecule has 0 aromatic carbocycles. The van der Waals surface area contributed by atoms with E-state index >= 15 is 0 Å². The Bertz CT molecular complexity index is 960. The number of likely N-dealkylation sites (tertiary alicyclic amines) is 1. The third kappa shape index (κ3) is 2.91. The van der Waals surface area contributed by atoms with Gasteiger partial charge in [0.2, 0.25) is 5.88 Å². The van der Waals surface area contributed by atoms with Gasteiger partial charge in [-0.1, -0.05) is 0 Å². The molecular weight excluding hydrogens is 352 g/mol. The third-order valence-electron chi connectivity index (χ3n) is 5.55. The van der Waals surface area contributed by atoms with Gasteiger partial charge in [-0.2, -0.15) is 0 Å². The van der Waals surface area contributed by atoms with Gasteiger partial charge in [0.05, 0.1) is 16.3 Å². The van der Waals surface area contributed by atoms with Crippen LogP contribution in [-0.2, 0) is 27.1 Å². The molecule has 2 aliphatic heterocycles. The van der Waals surface area contributed by atoms with Crippen LogP contribution in [0, 0.1) is 6.92 Å². The molecule has 1 unspecified atom stereocenters. The van der Waals surface area contributed by atoms with E-state index in [0.29, 0.717) is 17.9 Å². The summed E-state index contributed by atoms with van der Waals surface area (Å²) < 4.78 is 8.91. The summed E-state index contributed by atoms with van der Waals surface area (Å²) in [5.74, 6) is 0.460. The fourth-order valence-corrected chi connectivity index (χ4v) is 4.71. The second-order valence-electron chi connectivity index (χ2n) is 7.44. The second kappa shape index (κ2) is 6.35. The first kappa shape index (κ1) is 17.5. The predicted octanol–water partition coefficient (Wildman–Crippen LogP) is 1.21. The number of aryl methyl sites for hydroxylation is 1. The van der Waals surface area contributed by atoms with Gasteiger partial charge < -0.3 is 4.74 Å². The summed E-state index contributed by atoms with van der Waals surface area (Å²) in [7, 11) is 3.20. The Kier molecular flexibility index (Phi) is 4.27. The van der Waals surface area contributed by atoms with Crippen molar-refractivity contribution in [1.82, 2.24) is 19.0 Å². The van der Waals surface area contributed by atoms with Gasteiger partial charge in [0.1, 0.15) is 5.60 Å². The van der Waals surface area contributed by atoms with Gasteiger partial charge in [-0.15, -0.1) is 11.3 Å². The van der Waals surface area contributed by atoms with Crippen molar-refractivity contribution in [2.24, 2.45) is 14.1 Å². The van der Waals surface area contributed by atoms with Gasteiger partial charge in [0.25, 0.3) is 5.56 Å². The summed E-state index contributed by atoms with van der Waals surface area (Å²) in [6.45, 7) is 4.78. The Morgan fingerprint density at radius 1 is 1.23 bits per heavy atom. The fraction of sp³-hybridized carbons (Fsp3) is 0.611. The molecule has 2 aromatic rings. The lowest BCUT2D eigenvalue weighted by Crippen LogP contribution is -2.38. The van der Waals surface area contributed by atoms with Crippen LogP contribution in [-0.4, -0.2) is 37.7 Å². The maximum atomic E-state index is 12.5. The number of hydrogen-bond donors (Lipinski definition) is 0. The fourth-order valence-electron chi connectivity index (χ4n) is 4.11. The highest BCUT2D eigenvalue weighted by atomic mass is 32.1. The van der Waals surface area contributed by atoms with E-state index in [1.54, 1.807) is 18.4 Å². The van der Waals surface area contributed by atoms with Crippen molar-refractivity contribution >= 4 is 11.3 Å².